The zero-order valence-electron chi connectivity index (χ0n) is 11.6. The second-order valence-corrected chi connectivity index (χ2v) is 5.30. The number of nitrogens with one attached hydrogen (secondary N) is 1. The van der Waals surface area contributed by atoms with Crippen LogP contribution in [0.4, 0.5) is 0 Å². The predicted molar refractivity (Wildman–Crippen MR) is 76.2 cm³/mol. The Hall–Kier alpha value is -2.04. The van der Waals surface area contributed by atoms with Gasteiger partial charge in [-0.25, -0.2) is 9.66 Å². The Kier molecular flexibility index (Phi) is 3.58. The van der Waals surface area contributed by atoms with Crippen LogP contribution in [-0.2, 0) is 0 Å². The van der Waals surface area contributed by atoms with Crippen LogP contribution in [0, 0.1) is 0 Å². The normalized spacial score (nSPS) is 16.2. The second kappa shape index (κ2) is 5.53. The summed E-state index contributed by atoms with van der Waals surface area (Å²) in [5.41, 5.74) is 4.01. The highest BCUT2D eigenvalue weighted by Gasteiger charge is 2.20. The van der Waals surface area contributed by atoms with E-state index in [1.54, 1.807) is 24.1 Å². The van der Waals surface area contributed by atoms with Crippen LogP contribution in [0.2, 0.25) is 0 Å². The van der Waals surface area contributed by atoms with Gasteiger partial charge in [-0.2, -0.15) is 0 Å². The molecule has 1 aliphatic rings. The van der Waals surface area contributed by atoms with Gasteiger partial charge in [-0.15, -0.1) is 0 Å². The van der Waals surface area contributed by atoms with E-state index in [0.717, 1.165) is 12.8 Å². The Morgan fingerprint density at radius 3 is 2.85 bits per heavy atom. The molecule has 0 saturated heterocycles. The molecule has 0 unspecified atom stereocenters. The van der Waals surface area contributed by atoms with Crippen LogP contribution in [0.5, 0.6) is 0 Å². The van der Waals surface area contributed by atoms with E-state index in [2.05, 4.69) is 10.4 Å². The van der Waals surface area contributed by atoms with Gasteiger partial charge in [-0.3, -0.25) is 4.79 Å². The van der Waals surface area contributed by atoms with Gasteiger partial charge in [0, 0.05) is 13.0 Å². The highest BCUT2D eigenvalue weighted by Crippen LogP contribution is 2.23. The summed E-state index contributed by atoms with van der Waals surface area (Å²) >= 11 is 0. The molecule has 0 radical (unpaired) electrons. The number of carbonyl (C=O) groups excluding carboxylic acids is 1. The maximum Gasteiger partial charge on any atom is 0.195 e. The molecular weight excluding hydrogens is 254 g/mol. The van der Waals surface area contributed by atoms with Crippen LogP contribution in [0.25, 0.3) is 11.6 Å². The third kappa shape index (κ3) is 2.48. The van der Waals surface area contributed by atoms with Gasteiger partial charge in [-0.1, -0.05) is 19.3 Å². The summed E-state index contributed by atoms with van der Waals surface area (Å²) < 4.78 is 7.20. The molecule has 0 bridgehead atoms. The maximum atomic E-state index is 11.8. The van der Waals surface area contributed by atoms with E-state index in [1.807, 2.05) is 12.1 Å². The third-order valence-corrected chi connectivity index (χ3v) is 3.78. The highest BCUT2D eigenvalue weighted by molar-refractivity contribution is 5.93. The minimum Gasteiger partial charge on any atom is -0.461 e. The molecule has 0 amide bonds. The zero-order valence-corrected chi connectivity index (χ0v) is 11.6. The Balaban J connectivity index is 1.93. The van der Waals surface area contributed by atoms with Gasteiger partial charge in [0.1, 0.15) is 5.69 Å². The number of hydrogen-bond donors (Lipinski definition) is 1. The molecule has 5 nitrogen and oxygen atoms in total. The van der Waals surface area contributed by atoms with Gasteiger partial charge in [-0.05, 0) is 25.0 Å². The first-order valence-corrected chi connectivity index (χ1v) is 7.15. The Morgan fingerprint density at radius 2 is 2.20 bits per heavy atom. The molecule has 2 aromatic rings. The summed E-state index contributed by atoms with van der Waals surface area (Å²) in [5, 5.41) is 0. The van der Waals surface area contributed by atoms with Crippen molar-refractivity contribution in [3.05, 3.63) is 30.3 Å². The van der Waals surface area contributed by atoms with E-state index in [4.69, 9.17) is 4.42 Å². The van der Waals surface area contributed by atoms with Crippen LogP contribution in [-0.4, -0.2) is 21.5 Å². The number of Topliss-reactive ketones (excluding diaryl/α,β-unsaturated/α-hetero) is 1. The zero-order chi connectivity index (χ0) is 13.9. The first-order valence-electron chi connectivity index (χ1n) is 7.15. The van der Waals surface area contributed by atoms with E-state index in [1.165, 1.54) is 19.3 Å². The first kappa shape index (κ1) is 13.0. The molecule has 5 heteroatoms. The average Bonchev–Trinajstić information content (AvgIpc) is 3.08. The van der Waals surface area contributed by atoms with E-state index >= 15 is 0 Å². The number of nitrogens with zero attached hydrogens (tertiary/aromatic N) is 2. The summed E-state index contributed by atoms with van der Waals surface area (Å²) in [6, 6.07) is 4.07. The van der Waals surface area contributed by atoms with Crippen molar-refractivity contribution >= 4 is 5.78 Å². The van der Waals surface area contributed by atoms with E-state index in [-0.39, 0.29) is 5.78 Å². The molecule has 1 aliphatic carbocycles. The lowest BCUT2D eigenvalue weighted by molar-refractivity contribution is 0.101. The summed E-state index contributed by atoms with van der Waals surface area (Å²) in [7, 11) is 0. The van der Waals surface area contributed by atoms with Crippen LogP contribution in [0.1, 0.15) is 49.5 Å². The second-order valence-electron chi connectivity index (χ2n) is 5.30. The molecule has 2 aromatic heterocycles. The van der Waals surface area contributed by atoms with Crippen LogP contribution in [0.15, 0.2) is 29.0 Å². The number of aromatic nitrogens is 2. The summed E-state index contributed by atoms with van der Waals surface area (Å²) in [4.78, 5) is 16.1. The molecule has 0 spiro atoms. The number of hydrogen-bond acceptors (Lipinski definition) is 4. The van der Waals surface area contributed by atoms with Gasteiger partial charge >= 0.3 is 0 Å². The molecule has 0 atom stereocenters. The van der Waals surface area contributed by atoms with Gasteiger partial charge in [0.25, 0.3) is 0 Å². The fraction of sp³-hybridized carbons (Fsp3) is 0.467. The van der Waals surface area contributed by atoms with Crippen molar-refractivity contribution in [2.75, 3.05) is 5.43 Å². The minimum atomic E-state index is -0.00128. The molecule has 2 heterocycles. The van der Waals surface area contributed by atoms with E-state index < -0.39 is 0 Å². The Labute approximate surface area is 118 Å². The van der Waals surface area contributed by atoms with Crippen LogP contribution >= 0.6 is 0 Å². The molecule has 3 rings (SSSR count). The Morgan fingerprint density at radius 1 is 1.40 bits per heavy atom. The molecule has 1 fully saturated rings. The van der Waals surface area contributed by atoms with Gasteiger partial charge in [0.05, 0.1) is 12.5 Å². The van der Waals surface area contributed by atoms with Gasteiger partial charge in [0.2, 0.25) is 0 Å². The monoisotopic (exact) mass is 273 g/mol. The smallest absolute Gasteiger partial charge is 0.195 e. The minimum absolute atomic E-state index is 0.00128. The van der Waals surface area contributed by atoms with Crippen LogP contribution in [0.3, 0.4) is 0 Å². The van der Waals surface area contributed by atoms with Gasteiger partial charge in [0.15, 0.2) is 17.4 Å². The first-order chi connectivity index (χ1) is 9.75. The maximum absolute atomic E-state index is 11.8. The summed E-state index contributed by atoms with van der Waals surface area (Å²) in [5.74, 6) is 1.32. The lowest BCUT2D eigenvalue weighted by atomic mass is 9.96. The topological polar surface area (TPSA) is 60.1 Å². The Bertz CT molecular complexity index is 580. The molecule has 0 aromatic carbocycles. The summed E-state index contributed by atoms with van der Waals surface area (Å²) in [6.45, 7) is 1.56. The molecule has 0 aliphatic heterocycles. The fourth-order valence-electron chi connectivity index (χ4n) is 2.72. The predicted octanol–water partition coefficient (Wildman–Crippen LogP) is 3.22. The number of imidazole rings is 1. The summed E-state index contributed by atoms with van der Waals surface area (Å²) in [6.07, 6.45) is 9.25. The van der Waals surface area contributed by atoms with Crippen molar-refractivity contribution in [2.45, 2.75) is 45.1 Å². The molecule has 1 N–H and O–H groups in total. The highest BCUT2D eigenvalue weighted by atomic mass is 16.3. The van der Waals surface area contributed by atoms with Crippen molar-refractivity contribution in [3.63, 3.8) is 0 Å². The number of carbonyl (C=O) groups is 1. The average molecular weight is 273 g/mol. The van der Waals surface area contributed by atoms with Crippen molar-refractivity contribution in [3.8, 4) is 11.6 Å². The molecule has 106 valence electrons. The molecular formula is C15H19N3O2. The SMILES string of the molecule is CC(=O)c1cnc(-c2ccco2)n1NC1CCCCC1. The third-order valence-electron chi connectivity index (χ3n) is 3.78. The van der Waals surface area contributed by atoms with Crippen LogP contribution < -0.4 is 5.43 Å². The van der Waals surface area contributed by atoms with E-state index in [0.29, 0.717) is 23.3 Å². The van der Waals surface area contributed by atoms with Gasteiger partial charge < -0.3 is 9.84 Å². The lowest BCUT2D eigenvalue weighted by Crippen LogP contribution is -2.32. The lowest BCUT2D eigenvalue weighted by Gasteiger charge is -2.25. The quantitative estimate of drug-likeness (QED) is 0.869. The van der Waals surface area contributed by atoms with Crippen molar-refractivity contribution < 1.29 is 9.21 Å². The van der Waals surface area contributed by atoms with E-state index in [9.17, 15) is 4.79 Å². The number of ketones is 1. The number of rotatable bonds is 4. The van der Waals surface area contributed by atoms with Crippen molar-refractivity contribution in [2.24, 2.45) is 0 Å². The molecule has 20 heavy (non-hydrogen) atoms. The number of furan rings is 1. The largest absolute Gasteiger partial charge is 0.461 e. The standard InChI is InChI=1S/C15H19N3O2/c1-11(19)13-10-16-15(14-8-5-9-20-14)18(13)17-12-6-3-2-4-7-12/h5,8-10,12,17H,2-4,6-7H2,1H3. The van der Waals surface area contributed by atoms with Crippen molar-refractivity contribution in [1.29, 1.82) is 0 Å². The molecule has 1 saturated carbocycles. The van der Waals surface area contributed by atoms with Crippen molar-refractivity contribution in [1.82, 2.24) is 9.66 Å². The fourth-order valence-corrected chi connectivity index (χ4v) is 2.72.